The van der Waals surface area contributed by atoms with Crippen LogP contribution in [0.1, 0.15) is 25.3 Å². The van der Waals surface area contributed by atoms with Gasteiger partial charge < -0.3 is 9.88 Å². The van der Waals surface area contributed by atoms with Crippen LogP contribution in [0, 0.1) is 5.41 Å². The van der Waals surface area contributed by atoms with Gasteiger partial charge in [-0.2, -0.15) is 0 Å². The molecule has 3 amide bonds. The van der Waals surface area contributed by atoms with Crippen LogP contribution in [0.25, 0.3) is 10.9 Å². The fourth-order valence-corrected chi connectivity index (χ4v) is 4.42. The van der Waals surface area contributed by atoms with Gasteiger partial charge >= 0.3 is 6.03 Å². The first-order chi connectivity index (χ1) is 11.7. The first-order valence-corrected chi connectivity index (χ1v) is 8.57. The van der Waals surface area contributed by atoms with E-state index in [1.54, 1.807) is 4.90 Å². The van der Waals surface area contributed by atoms with Gasteiger partial charge in [-0.05, 0) is 36.5 Å². The van der Waals surface area contributed by atoms with Gasteiger partial charge in [0.05, 0.1) is 11.2 Å². The highest BCUT2D eigenvalue weighted by molar-refractivity contribution is 6.09. The molecule has 0 radical (unpaired) electrons. The normalized spacial score (nSPS) is 23.2. The number of nitrogens with one attached hydrogen (secondary N) is 2. The predicted molar refractivity (Wildman–Crippen MR) is 91.0 cm³/mol. The lowest BCUT2D eigenvalue weighted by Crippen LogP contribution is -2.60. The van der Waals surface area contributed by atoms with Gasteiger partial charge in [0.2, 0.25) is 5.91 Å². The number of hydrogen-bond donors (Lipinski definition) is 2. The molecule has 2 aliphatic heterocycles. The van der Waals surface area contributed by atoms with Crippen molar-refractivity contribution in [3.05, 3.63) is 30.5 Å². The molecule has 1 spiro atoms. The van der Waals surface area contributed by atoms with Crippen molar-refractivity contribution in [1.82, 2.24) is 15.2 Å². The number of rotatable bonds is 2. The monoisotopic (exact) mass is 324 g/mol. The number of anilines is 1. The van der Waals surface area contributed by atoms with Crippen LogP contribution in [0.5, 0.6) is 0 Å². The molecule has 2 aromatic rings. The zero-order chi connectivity index (χ0) is 16.3. The summed E-state index contributed by atoms with van der Waals surface area (Å²) < 4.78 is 2.36. The Morgan fingerprint density at radius 2 is 1.96 bits per heavy atom. The topological polar surface area (TPSA) is 66.4 Å². The van der Waals surface area contributed by atoms with Crippen molar-refractivity contribution in [2.75, 3.05) is 24.5 Å². The molecule has 124 valence electrons. The van der Waals surface area contributed by atoms with Crippen LogP contribution in [-0.2, 0) is 4.79 Å². The Labute approximate surface area is 139 Å². The van der Waals surface area contributed by atoms with E-state index in [1.807, 2.05) is 12.1 Å². The number of urea groups is 1. The second kappa shape index (κ2) is 4.83. The lowest BCUT2D eigenvalue weighted by Gasteiger charge is -2.54. The van der Waals surface area contributed by atoms with Crippen LogP contribution in [0.4, 0.5) is 10.5 Å². The molecule has 0 atom stereocenters. The minimum absolute atomic E-state index is 0.199. The van der Waals surface area contributed by atoms with Crippen LogP contribution >= 0.6 is 0 Å². The molecule has 1 saturated carbocycles. The van der Waals surface area contributed by atoms with E-state index >= 15 is 0 Å². The van der Waals surface area contributed by atoms with Crippen LogP contribution in [0.15, 0.2) is 30.5 Å². The highest BCUT2D eigenvalue weighted by Gasteiger charge is 2.49. The van der Waals surface area contributed by atoms with Gasteiger partial charge in [-0.3, -0.25) is 15.0 Å². The minimum atomic E-state index is -0.324. The number of aromatic nitrogens is 1. The summed E-state index contributed by atoms with van der Waals surface area (Å²) in [6.07, 6.45) is 4.95. The van der Waals surface area contributed by atoms with Crippen LogP contribution in [-0.4, -0.2) is 36.1 Å². The average Bonchev–Trinajstić information content (AvgIpc) is 2.89. The third-order valence-electron chi connectivity index (χ3n) is 5.82. The van der Waals surface area contributed by atoms with E-state index in [2.05, 4.69) is 33.5 Å². The van der Waals surface area contributed by atoms with Crippen molar-refractivity contribution in [1.29, 1.82) is 0 Å². The zero-order valence-electron chi connectivity index (χ0n) is 13.4. The molecule has 3 fully saturated rings. The summed E-state index contributed by atoms with van der Waals surface area (Å²) in [7, 11) is 0. The summed E-state index contributed by atoms with van der Waals surface area (Å²) in [5.41, 5.74) is 2.59. The van der Waals surface area contributed by atoms with Gasteiger partial charge in [-0.25, -0.2) is 4.79 Å². The number of amides is 3. The summed E-state index contributed by atoms with van der Waals surface area (Å²) in [5, 5.41) is 6.86. The number of carbonyl (C=O) groups excluding carboxylic acids is 2. The molecule has 3 heterocycles. The average molecular weight is 324 g/mol. The SMILES string of the molecule is O=C1CCN(c2cccc3c2ccn3C2CC3(CNC3)C2)C(=O)N1. The number of hydrogen-bond acceptors (Lipinski definition) is 3. The maximum atomic E-state index is 12.2. The molecular formula is C18H20N4O2. The Kier molecular flexibility index (Phi) is 2.83. The van der Waals surface area contributed by atoms with Gasteiger partial charge in [0.15, 0.2) is 0 Å². The van der Waals surface area contributed by atoms with Gasteiger partial charge in [-0.1, -0.05) is 6.07 Å². The molecule has 6 heteroatoms. The Balaban J connectivity index is 1.48. The van der Waals surface area contributed by atoms with E-state index in [0.29, 0.717) is 24.4 Å². The second-order valence-electron chi connectivity index (χ2n) is 7.35. The molecule has 5 rings (SSSR count). The Bertz CT molecular complexity index is 844. The largest absolute Gasteiger partial charge is 0.344 e. The summed E-state index contributed by atoms with van der Waals surface area (Å²) in [6, 6.07) is 8.40. The fraction of sp³-hybridized carbons (Fsp3) is 0.444. The number of imide groups is 1. The summed E-state index contributed by atoms with van der Waals surface area (Å²) in [4.78, 5) is 25.2. The zero-order valence-corrected chi connectivity index (χ0v) is 13.4. The van der Waals surface area contributed by atoms with Gasteiger partial charge in [0.1, 0.15) is 0 Å². The first-order valence-electron chi connectivity index (χ1n) is 8.57. The standard InChI is InChI=1S/C18H20N4O2/c23-16-5-7-22(17(24)20-16)15-3-1-2-14-13(15)4-6-21(14)12-8-18(9-12)10-19-11-18/h1-4,6,12,19H,5,7-11H2,(H,20,23,24). The molecular weight excluding hydrogens is 304 g/mol. The Morgan fingerprint density at radius 1 is 1.12 bits per heavy atom. The molecule has 2 saturated heterocycles. The maximum Gasteiger partial charge on any atom is 0.328 e. The maximum absolute atomic E-state index is 12.2. The molecule has 24 heavy (non-hydrogen) atoms. The molecule has 2 N–H and O–H groups in total. The van der Waals surface area contributed by atoms with Crippen molar-refractivity contribution >= 4 is 28.5 Å². The molecule has 1 aromatic carbocycles. The van der Waals surface area contributed by atoms with Crippen molar-refractivity contribution in [2.45, 2.75) is 25.3 Å². The molecule has 0 bridgehead atoms. The molecule has 6 nitrogen and oxygen atoms in total. The van der Waals surface area contributed by atoms with Crippen LogP contribution in [0.2, 0.25) is 0 Å². The molecule has 0 unspecified atom stereocenters. The van der Waals surface area contributed by atoms with E-state index in [4.69, 9.17) is 0 Å². The quantitative estimate of drug-likeness (QED) is 0.888. The molecule has 1 aliphatic carbocycles. The van der Waals surface area contributed by atoms with Gasteiger partial charge in [0.25, 0.3) is 0 Å². The van der Waals surface area contributed by atoms with Crippen molar-refractivity contribution in [2.24, 2.45) is 5.41 Å². The van der Waals surface area contributed by atoms with Crippen LogP contribution < -0.4 is 15.5 Å². The van der Waals surface area contributed by atoms with Crippen LogP contribution in [0.3, 0.4) is 0 Å². The third kappa shape index (κ3) is 1.92. The lowest BCUT2D eigenvalue weighted by atomic mass is 9.61. The first kappa shape index (κ1) is 14.0. The van der Waals surface area contributed by atoms with Gasteiger partial charge in [-0.15, -0.1) is 0 Å². The molecule has 3 aliphatic rings. The number of carbonyl (C=O) groups is 2. The van der Waals surface area contributed by atoms with E-state index in [1.165, 1.54) is 18.4 Å². The van der Waals surface area contributed by atoms with Gasteiger partial charge in [0, 0.05) is 43.7 Å². The smallest absolute Gasteiger partial charge is 0.328 e. The highest BCUT2D eigenvalue weighted by atomic mass is 16.2. The minimum Gasteiger partial charge on any atom is -0.344 e. The molecule has 1 aromatic heterocycles. The third-order valence-corrected chi connectivity index (χ3v) is 5.82. The number of benzene rings is 1. The van der Waals surface area contributed by atoms with E-state index in [0.717, 1.165) is 24.2 Å². The van der Waals surface area contributed by atoms with Crippen molar-refractivity contribution in [3.8, 4) is 0 Å². The predicted octanol–water partition coefficient (Wildman–Crippen LogP) is 2.01. The fourth-order valence-electron chi connectivity index (χ4n) is 4.42. The summed E-state index contributed by atoms with van der Waals surface area (Å²) in [6.45, 7) is 2.74. The summed E-state index contributed by atoms with van der Waals surface area (Å²) >= 11 is 0. The summed E-state index contributed by atoms with van der Waals surface area (Å²) in [5.74, 6) is -0.199. The second-order valence-corrected chi connectivity index (χ2v) is 7.35. The Hall–Kier alpha value is -2.34. The lowest BCUT2D eigenvalue weighted by molar-refractivity contribution is -0.120. The van der Waals surface area contributed by atoms with E-state index in [9.17, 15) is 9.59 Å². The number of fused-ring (bicyclic) bond motifs is 1. The Morgan fingerprint density at radius 3 is 2.67 bits per heavy atom. The van der Waals surface area contributed by atoms with Crippen molar-refractivity contribution < 1.29 is 9.59 Å². The van der Waals surface area contributed by atoms with E-state index < -0.39 is 0 Å². The number of nitrogens with zero attached hydrogens (tertiary/aromatic N) is 2. The highest BCUT2D eigenvalue weighted by Crippen LogP contribution is 2.52. The van der Waals surface area contributed by atoms with E-state index in [-0.39, 0.29) is 11.9 Å². The van der Waals surface area contributed by atoms with Crippen molar-refractivity contribution in [3.63, 3.8) is 0 Å².